The number of hydrogen-bond donors (Lipinski definition) is 3. The highest BCUT2D eigenvalue weighted by Gasteiger charge is 2.17. The highest BCUT2D eigenvalue weighted by atomic mass is 16.5. The fourth-order valence-corrected chi connectivity index (χ4v) is 3.44. The van der Waals surface area contributed by atoms with Crippen molar-refractivity contribution in [2.24, 2.45) is 0 Å². The number of ether oxygens (including phenoxy) is 2. The SMILES string of the molecule is CNCOc1ccc(-n2cc3c(NCCn4cccn4)nncc3c2NC)c(OC)c1. The quantitative estimate of drug-likeness (QED) is 0.335. The number of benzene rings is 1. The maximum Gasteiger partial charge on any atom is 0.158 e. The summed E-state index contributed by atoms with van der Waals surface area (Å²) in [5, 5.41) is 24.2. The predicted molar refractivity (Wildman–Crippen MR) is 120 cm³/mol. The molecule has 4 rings (SSSR count). The van der Waals surface area contributed by atoms with Crippen LogP contribution in [-0.2, 0) is 6.54 Å². The van der Waals surface area contributed by atoms with Crippen LogP contribution >= 0.6 is 0 Å². The second-order valence-corrected chi connectivity index (χ2v) is 6.79. The molecule has 4 aromatic rings. The standard InChI is InChI=1S/C21H26N8O2/c1-22-14-31-15-5-6-18(19(11-15)30-3)29-13-17-16(21(29)23-2)12-25-27-20(17)24-8-10-28-9-4-7-26-28/h4-7,9,11-13,22-23H,8,10,14H2,1-3H3,(H,24,27). The first-order chi connectivity index (χ1) is 15.2. The van der Waals surface area contributed by atoms with Crippen LogP contribution in [0.5, 0.6) is 11.5 Å². The lowest BCUT2D eigenvalue weighted by Crippen LogP contribution is -2.14. The van der Waals surface area contributed by atoms with Gasteiger partial charge in [-0.3, -0.25) is 14.6 Å². The fourth-order valence-electron chi connectivity index (χ4n) is 3.44. The molecule has 10 heteroatoms. The molecule has 0 amide bonds. The molecule has 1 aromatic carbocycles. The Labute approximate surface area is 180 Å². The van der Waals surface area contributed by atoms with Gasteiger partial charge in [-0.2, -0.15) is 10.2 Å². The van der Waals surface area contributed by atoms with E-state index in [4.69, 9.17) is 9.47 Å². The average Bonchev–Trinajstić information content (AvgIpc) is 3.45. The Bertz CT molecular complexity index is 1140. The van der Waals surface area contributed by atoms with Crippen LogP contribution in [0.2, 0.25) is 0 Å². The zero-order valence-corrected chi connectivity index (χ0v) is 17.8. The third-order valence-corrected chi connectivity index (χ3v) is 4.87. The summed E-state index contributed by atoms with van der Waals surface area (Å²) in [4.78, 5) is 0. The summed E-state index contributed by atoms with van der Waals surface area (Å²) in [6.07, 6.45) is 7.48. The number of methoxy groups -OCH3 is 1. The van der Waals surface area contributed by atoms with Crippen LogP contribution in [0.15, 0.2) is 49.1 Å². The Kier molecular flexibility index (Phi) is 6.18. The first kappa shape index (κ1) is 20.5. The number of anilines is 2. The largest absolute Gasteiger partial charge is 0.494 e. The molecule has 0 bridgehead atoms. The molecule has 0 atom stereocenters. The molecule has 0 aliphatic rings. The third kappa shape index (κ3) is 4.24. The lowest BCUT2D eigenvalue weighted by Gasteiger charge is -2.15. The van der Waals surface area contributed by atoms with Gasteiger partial charge in [-0.15, -0.1) is 5.10 Å². The summed E-state index contributed by atoms with van der Waals surface area (Å²) in [5.41, 5.74) is 0.877. The van der Waals surface area contributed by atoms with E-state index in [9.17, 15) is 0 Å². The molecule has 0 aliphatic carbocycles. The van der Waals surface area contributed by atoms with Gasteiger partial charge in [0.1, 0.15) is 24.0 Å². The van der Waals surface area contributed by atoms with Crippen LogP contribution in [0.25, 0.3) is 16.5 Å². The summed E-state index contributed by atoms with van der Waals surface area (Å²) in [7, 11) is 5.36. The second-order valence-electron chi connectivity index (χ2n) is 6.79. The van der Waals surface area contributed by atoms with E-state index in [-0.39, 0.29) is 0 Å². The van der Waals surface area contributed by atoms with Crippen molar-refractivity contribution in [3.05, 3.63) is 49.1 Å². The highest BCUT2D eigenvalue weighted by Crippen LogP contribution is 2.36. The highest BCUT2D eigenvalue weighted by molar-refractivity contribution is 6.00. The molecule has 162 valence electrons. The molecule has 0 radical (unpaired) electrons. The molecule has 3 N–H and O–H groups in total. The van der Waals surface area contributed by atoms with Gasteiger partial charge in [-0.25, -0.2) is 0 Å². The molecule has 10 nitrogen and oxygen atoms in total. The molecule has 0 saturated heterocycles. The van der Waals surface area contributed by atoms with Gasteiger partial charge in [-0.1, -0.05) is 0 Å². The van der Waals surface area contributed by atoms with Crippen LogP contribution in [-0.4, -0.2) is 59.0 Å². The van der Waals surface area contributed by atoms with Crippen molar-refractivity contribution in [1.29, 1.82) is 0 Å². The van der Waals surface area contributed by atoms with Crippen LogP contribution in [0.3, 0.4) is 0 Å². The maximum absolute atomic E-state index is 5.65. The Hall–Kier alpha value is -3.79. The molecule has 3 aromatic heterocycles. The van der Waals surface area contributed by atoms with Crippen molar-refractivity contribution in [3.8, 4) is 17.2 Å². The van der Waals surface area contributed by atoms with Crippen molar-refractivity contribution in [2.45, 2.75) is 6.54 Å². The van der Waals surface area contributed by atoms with Crippen molar-refractivity contribution in [3.63, 3.8) is 0 Å². The van der Waals surface area contributed by atoms with Crippen molar-refractivity contribution in [1.82, 2.24) is 29.9 Å². The fraction of sp³-hybridized carbons (Fsp3) is 0.286. The minimum Gasteiger partial charge on any atom is -0.494 e. The third-order valence-electron chi connectivity index (χ3n) is 4.87. The molecule has 3 heterocycles. The van der Waals surface area contributed by atoms with Crippen LogP contribution < -0.4 is 25.4 Å². The first-order valence-corrected chi connectivity index (χ1v) is 9.96. The number of rotatable bonds is 10. The lowest BCUT2D eigenvalue weighted by molar-refractivity contribution is 0.294. The van der Waals surface area contributed by atoms with Crippen LogP contribution in [0.4, 0.5) is 11.6 Å². The van der Waals surface area contributed by atoms with Crippen LogP contribution in [0, 0.1) is 0 Å². The summed E-state index contributed by atoms with van der Waals surface area (Å²) in [6, 6.07) is 7.66. The molecule has 0 fully saturated rings. The minimum absolute atomic E-state index is 0.419. The van der Waals surface area contributed by atoms with E-state index in [1.807, 2.05) is 60.0 Å². The van der Waals surface area contributed by atoms with E-state index >= 15 is 0 Å². The maximum atomic E-state index is 5.65. The number of hydrogen-bond acceptors (Lipinski definition) is 8. The summed E-state index contributed by atoms with van der Waals surface area (Å²) >= 11 is 0. The number of nitrogens with one attached hydrogen (secondary N) is 3. The normalized spacial score (nSPS) is 10.9. The van der Waals surface area contributed by atoms with Crippen molar-refractivity contribution >= 4 is 22.4 Å². The van der Waals surface area contributed by atoms with E-state index < -0.39 is 0 Å². The molecule has 0 unspecified atom stereocenters. The predicted octanol–water partition coefficient (Wildman–Crippen LogP) is 2.34. The average molecular weight is 422 g/mol. The Balaban J connectivity index is 1.68. The Morgan fingerprint density at radius 1 is 1.16 bits per heavy atom. The van der Waals surface area contributed by atoms with Gasteiger partial charge < -0.3 is 20.1 Å². The van der Waals surface area contributed by atoms with Gasteiger partial charge in [-0.05, 0) is 25.2 Å². The van der Waals surface area contributed by atoms with Gasteiger partial charge in [0.2, 0.25) is 0 Å². The Morgan fingerprint density at radius 3 is 2.81 bits per heavy atom. The molecule has 0 saturated carbocycles. The van der Waals surface area contributed by atoms with Gasteiger partial charge in [0.05, 0.1) is 25.5 Å². The molecule has 0 aliphatic heterocycles. The number of nitrogens with zero attached hydrogens (tertiary/aromatic N) is 5. The molecule has 0 spiro atoms. The molecular weight excluding hydrogens is 396 g/mol. The first-order valence-electron chi connectivity index (χ1n) is 9.96. The summed E-state index contributed by atoms with van der Waals surface area (Å²) in [6.45, 7) is 1.82. The van der Waals surface area contributed by atoms with E-state index in [1.165, 1.54) is 0 Å². The lowest BCUT2D eigenvalue weighted by atomic mass is 10.2. The van der Waals surface area contributed by atoms with E-state index in [2.05, 4.69) is 31.2 Å². The van der Waals surface area contributed by atoms with Crippen molar-refractivity contribution in [2.75, 3.05) is 45.1 Å². The zero-order chi connectivity index (χ0) is 21.6. The molecule has 31 heavy (non-hydrogen) atoms. The van der Waals surface area contributed by atoms with Gasteiger partial charge >= 0.3 is 0 Å². The van der Waals surface area contributed by atoms with E-state index in [1.54, 1.807) is 19.5 Å². The monoisotopic (exact) mass is 422 g/mol. The van der Waals surface area contributed by atoms with Crippen molar-refractivity contribution < 1.29 is 9.47 Å². The second kappa shape index (κ2) is 9.35. The zero-order valence-electron chi connectivity index (χ0n) is 17.8. The van der Waals surface area contributed by atoms with Gasteiger partial charge in [0.15, 0.2) is 5.82 Å². The van der Waals surface area contributed by atoms with Gasteiger partial charge in [0, 0.05) is 49.0 Å². The minimum atomic E-state index is 0.419. The number of fused-ring (bicyclic) bond motifs is 1. The smallest absolute Gasteiger partial charge is 0.158 e. The van der Waals surface area contributed by atoms with Gasteiger partial charge in [0.25, 0.3) is 0 Å². The summed E-state index contributed by atoms with van der Waals surface area (Å²) < 4.78 is 15.2. The van der Waals surface area contributed by atoms with Crippen LogP contribution in [0.1, 0.15) is 0 Å². The van der Waals surface area contributed by atoms with E-state index in [0.717, 1.165) is 34.6 Å². The summed E-state index contributed by atoms with van der Waals surface area (Å²) in [5.74, 6) is 3.02. The Morgan fingerprint density at radius 2 is 2.06 bits per heavy atom. The molecular formula is C21H26N8O2. The topological polar surface area (TPSA) is 103 Å². The number of aromatic nitrogens is 5. The van der Waals surface area contributed by atoms with E-state index in [0.29, 0.717) is 24.8 Å².